The van der Waals surface area contributed by atoms with Gasteiger partial charge in [0.1, 0.15) is 0 Å². The molecular formula is C8H16N4. The molecule has 0 aromatic carbocycles. The van der Waals surface area contributed by atoms with E-state index in [1.165, 1.54) is 0 Å². The topological polar surface area (TPSA) is 44.0 Å². The molecule has 0 radical (unpaired) electrons. The summed E-state index contributed by atoms with van der Waals surface area (Å²) in [5.41, 5.74) is 1.16. The minimum Gasteiger partial charge on any atom is -0.318 e. The molecule has 1 aromatic rings. The van der Waals surface area contributed by atoms with Gasteiger partial charge in [-0.2, -0.15) is 5.10 Å². The van der Waals surface area contributed by atoms with Gasteiger partial charge in [-0.15, -0.1) is 0 Å². The SMILES string of the molecule is CNCCN(C)Cc1ccn[nH]1. The van der Waals surface area contributed by atoms with Gasteiger partial charge >= 0.3 is 0 Å². The van der Waals surface area contributed by atoms with Crippen LogP contribution < -0.4 is 5.32 Å². The highest BCUT2D eigenvalue weighted by molar-refractivity contribution is 4.96. The number of aromatic nitrogens is 2. The normalized spacial score (nSPS) is 10.9. The molecule has 0 bridgehead atoms. The van der Waals surface area contributed by atoms with Crippen molar-refractivity contribution in [1.82, 2.24) is 20.4 Å². The Morgan fingerprint density at radius 3 is 3.08 bits per heavy atom. The van der Waals surface area contributed by atoms with E-state index in [0.29, 0.717) is 0 Å². The van der Waals surface area contributed by atoms with Gasteiger partial charge in [0.2, 0.25) is 0 Å². The van der Waals surface area contributed by atoms with Crippen LogP contribution in [0.2, 0.25) is 0 Å². The molecular weight excluding hydrogens is 152 g/mol. The van der Waals surface area contributed by atoms with E-state index in [-0.39, 0.29) is 0 Å². The van der Waals surface area contributed by atoms with Crippen molar-refractivity contribution < 1.29 is 0 Å². The molecule has 0 aliphatic heterocycles. The van der Waals surface area contributed by atoms with Gasteiger partial charge in [-0.25, -0.2) is 0 Å². The summed E-state index contributed by atoms with van der Waals surface area (Å²) >= 11 is 0. The summed E-state index contributed by atoms with van der Waals surface area (Å²) in [6, 6.07) is 2.00. The molecule has 0 saturated heterocycles. The van der Waals surface area contributed by atoms with Crippen LogP contribution in [0.3, 0.4) is 0 Å². The average molecular weight is 168 g/mol. The van der Waals surface area contributed by atoms with Crippen molar-refractivity contribution in [3.63, 3.8) is 0 Å². The number of hydrogen-bond acceptors (Lipinski definition) is 3. The van der Waals surface area contributed by atoms with Crippen LogP contribution in [0.25, 0.3) is 0 Å². The maximum Gasteiger partial charge on any atom is 0.0492 e. The third-order valence-electron chi connectivity index (χ3n) is 1.74. The Hall–Kier alpha value is -0.870. The Morgan fingerprint density at radius 2 is 2.50 bits per heavy atom. The molecule has 0 atom stereocenters. The first-order chi connectivity index (χ1) is 5.83. The molecule has 1 heterocycles. The lowest BCUT2D eigenvalue weighted by molar-refractivity contribution is 0.324. The molecule has 4 heteroatoms. The van der Waals surface area contributed by atoms with E-state index in [0.717, 1.165) is 25.3 Å². The van der Waals surface area contributed by atoms with Crippen LogP contribution in [-0.2, 0) is 6.54 Å². The molecule has 0 aliphatic rings. The van der Waals surface area contributed by atoms with Gasteiger partial charge in [0, 0.05) is 31.5 Å². The third-order valence-corrected chi connectivity index (χ3v) is 1.74. The van der Waals surface area contributed by atoms with Crippen LogP contribution in [0.1, 0.15) is 5.69 Å². The Kier molecular flexibility index (Phi) is 3.76. The summed E-state index contributed by atoms with van der Waals surface area (Å²) in [5, 5.41) is 9.93. The zero-order valence-corrected chi connectivity index (χ0v) is 7.67. The van der Waals surface area contributed by atoms with E-state index >= 15 is 0 Å². The van der Waals surface area contributed by atoms with Crippen molar-refractivity contribution in [3.8, 4) is 0 Å². The van der Waals surface area contributed by atoms with Crippen molar-refractivity contribution in [2.24, 2.45) is 0 Å². The fraction of sp³-hybridized carbons (Fsp3) is 0.625. The summed E-state index contributed by atoms with van der Waals surface area (Å²) in [6.07, 6.45) is 1.78. The van der Waals surface area contributed by atoms with Crippen LogP contribution >= 0.6 is 0 Å². The molecule has 1 rings (SSSR count). The Bertz CT molecular complexity index is 195. The number of hydrogen-bond donors (Lipinski definition) is 2. The van der Waals surface area contributed by atoms with Gasteiger partial charge in [-0.1, -0.05) is 0 Å². The van der Waals surface area contributed by atoms with E-state index < -0.39 is 0 Å². The number of rotatable bonds is 5. The summed E-state index contributed by atoms with van der Waals surface area (Å²) in [6.45, 7) is 3.00. The fourth-order valence-electron chi connectivity index (χ4n) is 1.05. The Morgan fingerprint density at radius 1 is 1.67 bits per heavy atom. The van der Waals surface area contributed by atoms with E-state index in [9.17, 15) is 0 Å². The second-order valence-electron chi connectivity index (χ2n) is 2.92. The van der Waals surface area contributed by atoms with Gasteiger partial charge < -0.3 is 5.32 Å². The Labute approximate surface area is 73.0 Å². The van der Waals surface area contributed by atoms with E-state index in [1.807, 2.05) is 13.1 Å². The Balaban J connectivity index is 2.22. The van der Waals surface area contributed by atoms with Crippen LogP contribution in [0.4, 0.5) is 0 Å². The largest absolute Gasteiger partial charge is 0.318 e. The lowest BCUT2D eigenvalue weighted by Crippen LogP contribution is -2.27. The van der Waals surface area contributed by atoms with Gasteiger partial charge in [-0.05, 0) is 20.2 Å². The maximum atomic E-state index is 3.89. The van der Waals surface area contributed by atoms with Gasteiger partial charge in [0.05, 0.1) is 0 Å². The molecule has 0 spiro atoms. The number of likely N-dealkylation sites (N-methyl/N-ethyl adjacent to an activating group) is 2. The van der Waals surface area contributed by atoms with Crippen LogP contribution in [-0.4, -0.2) is 42.3 Å². The monoisotopic (exact) mass is 168 g/mol. The van der Waals surface area contributed by atoms with Crippen molar-refractivity contribution in [2.75, 3.05) is 27.2 Å². The number of H-pyrrole nitrogens is 1. The predicted octanol–water partition coefficient (Wildman–Crippen LogP) is 0.0609. The first-order valence-electron chi connectivity index (χ1n) is 4.14. The maximum absolute atomic E-state index is 3.89. The molecule has 2 N–H and O–H groups in total. The zero-order chi connectivity index (χ0) is 8.81. The highest BCUT2D eigenvalue weighted by Crippen LogP contribution is 1.95. The molecule has 4 nitrogen and oxygen atoms in total. The summed E-state index contributed by atoms with van der Waals surface area (Å²) in [7, 11) is 4.06. The molecule has 0 saturated carbocycles. The van der Waals surface area contributed by atoms with Gasteiger partial charge in [0.25, 0.3) is 0 Å². The van der Waals surface area contributed by atoms with E-state index in [1.54, 1.807) is 6.20 Å². The number of nitrogens with one attached hydrogen (secondary N) is 2. The minimum absolute atomic E-state index is 0.932. The molecule has 0 fully saturated rings. The van der Waals surface area contributed by atoms with E-state index in [2.05, 4.69) is 27.5 Å². The lowest BCUT2D eigenvalue weighted by Gasteiger charge is -2.14. The summed E-state index contributed by atoms with van der Waals surface area (Å²) < 4.78 is 0. The standard InChI is InChI=1S/C8H16N4/c1-9-5-6-12(2)7-8-3-4-10-11-8/h3-4,9H,5-7H2,1-2H3,(H,10,11). The van der Waals surface area contributed by atoms with Crippen molar-refractivity contribution in [3.05, 3.63) is 18.0 Å². The van der Waals surface area contributed by atoms with Crippen molar-refractivity contribution in [1.29, 1.82) is 0 Å². The van der Waals surface area contributed by atoms with Crippen LogP contribution in [0.15, 0.2) is 12.3 Å². The van der Waals surface area contributed by atoms with E-state index in [4.69, 9.17) is 0 Å². The highest BCUT2D eigenvalue weighted by Gasteiger charge is 1.99. The van der Waals surface area contributed by atoms with Gasteiger partial charge in [0.15, 0.2) is 0 Å². The van der Waals surface area contributed by atoms with Crippen LogP contribution in [0, 0.1) is 0 Å². The minimum atomic E-state index is 0.932. The first kappa shape index (κ1) is 9.22. The first-order valence-corrected chi connectivity index (χ1v) is 4.14. The number of nitrogens with zero attached hydrogens (tertiary/aromatic N) is 2. The molecule has 0 amide bonds. The zero-order valence-electron chi connectivity index (χ0n) is 7.67. The average Bonchev–Trinajstić information content (AvgIpc) is 2.53. The molecule has 12 heavy (non-hydrogen) atoms. The summed E-state index contributed by atoms with van der Waals surface area (Å²) in [5.74, 6) is 0. The van der Waals surface area contributed by atoms with Gasteiger partial charge in [-0.3, -0.25) is 10.00 Å². The fourth-order valence-corrected chi connectivity index (χ4v) is 1.05. The summed E-state index contributed by atoms with van der Waals surface area (Å²) in [4.78, 5) is 2.24. The second kappa shape index (κ2) is 4.90. The van der Waals surface area contributed by atoms with Crippen molar-refractivity contribution >= 4 is 0 Å². The van der Waals surface area contributed by atoms with Crippen LogP contribution in [0.5, 0.6) is 0 Å². The lowest BCUT2D eigenvalue weighted by atomic mass is 10.4. The third kappa shape index (κ3) is 3.02. The smallest absolute Gasteiger partial charge is 0.0492 e. The molecule has 68 valence electrons. The molecule has 0 aliphatic carbocycles. The van der Waals surface area contributed by atoms with Crippen molar-refractivity contribution in [2.45, 2.75) is 6.54 Å². The predicted molar refractivity (Wildman–Crippen MR) is 48.8 cm³/mol. The highest BCUT2D eigenvalue weighted by atomic mass is 15.2. The second-order valence-corrected chi connectivity index (χ2v) is 2.92. The molecule has 0 unspecified atom stereocenters. The quantitative estimate of drug-likeness (QED) is 0.653. The number of aromatic amines is 1. The molecule has 1 aromatic heterocycles.